The summed E-state index contributed by atoms with van der Waals surface area (Å²) in [5, 5.41) is 3.33. The van der Waals surface area contributed by atoms with E-state index in [9.17, 15) is 0 Å². The van der Waals surface area contributed by atoms with Crippen molar-refractivity contribution in [2.45, 2.75) is 31.8 Å². The molecule has 1 N–H and O–H groups in total. The van der Waals surface area contributed by atoms with E-state index in [1.165, 1.54) is 11.1 Å². The number of rotatable bonds is 4. The number of halogens is 2. The first-order valence-corrected chi connectivity index (χ1v) is 8.59. The molecule has 2 aromatic rings. The number of ether oxygens (including phenoxy) is 1. The lowest BCUT2D eigenvalue weighted by atomic mass is 9.78. The molecule has 0 spiro atoms. The molecule has 0 saturated carbocycles. The van der Waals surface area contributed by atoms with E-state index >= 15 is 0 Å². The Labute approximate surface area is 153 Å². The Balaban J connectivity index is 0.00000192. The van der Waals surface area contributed by atoms with Crippen molar-refractivity contribution in [2.24, 2.45) is 0 Å². The third kappa shape index (κ3) is 4.09. The van der Waals surface area contributed by atoms with Gasteiger partial charge in [0.15, 0.2) is 0 Å². The predicted molar refractivity (Wildman–Crippen MR) is 102 cm³/mol. The zero-order chi connectivity index (χ0) is 15.6. The minimum atomic E-state index is -0.0305. The van der Waals surface area contributed by atoms with Crippen molar-refractivity contribution in [3.63, 3.8) is 0 Å². The molecule has 0 bridgehead atoms. The Morgan fingerprint density at radius 2 is 1.83 bits per heavy atom. The summed E-state index contributed by atoms with van der Waals surface area (Å²) >= 11 is 3.67. The van der Waals surface area contributed by atoms with E-state index in [1.807, 2.05) is 0 Å². The molecule has 0 amide bonds. The van der Waals surface area contributed by atoms with Gasteiger partial charge in [-0.25, -0.2) is 0 Å². The highest BCUT2D eigenvalue weighted by Crippen LogP contribution is 2.36. The van der Waals surface area contributed by atoms with Crippen molar-refractivity contribution in [1.82, 2.24) is 5.32 Å². The maximum atomic E-state index is 6.07. The standard InChI is InChI=1S/C19H22BrNO.ClH/c1-19(2,14-6-4-3-5-7-14)15-8-9-18(17(20)12-15)22-16-10-11-21-13-16;/h3-9,12,16,21H,10-11,13H2,1-2H3;1H. The van der Waals surface area contributed by atoms with Crippen LogP contribution in [0.5, 0.6) is 5.75 Å². The van der Waals surface area contributed by atoms with Gasteiger partial charge in [0.1, 0.15) is 11.9 Å². The van der Waals surface area contributed by atoms with Gasteiger partial charge in [-0.1, -0.05) is 50.2 Å². The van der Waals surface area contributed by atoms with Gasteiger partial charge in [0.25, 0.3) is 0 Å². The largest absolute Gasteiger partial charge is 0.488 e. The third-order valence-electron chi connectivity index (χ3n) is 4.46. The molecule has 0 radical (unpaired) electrons. The van der Waals surface area contributed by atoms with E-state index in [-0.39, 0.29) is 23.9 Å². The topological polar surface area (TPSA) is 21.3 Å². The first-order valence-electron chi connectivity index (χ1n) is 7.80. The first kappa shape index (κ1) is 18.3. The van der Waals surface area contributed by atoms with E-state index < -0.39 is 0 Å². The second kappa shape index (κ2) is 7.69. The fourth-order valence-corrected chi connectivity index (χ4v) is 3.39. The van der Waals surface area contributed by atoms with Gasteiger partial charge in [-0.15, -0.1) is 12.4 Å². The molecule has 3 rings (SSSR count). The van der Waals surface area contributed by atoms with Crippen molar-refractivity contribution < 1.29 is 4.74 Å². The highest BCUT2D eigenvalue weighted by atomic mass is 79.9. The summed E-state index contributed by atoms with van der Waals surface area (Å²) in [6, 6.07) is 17.1. The summed E-state index contributed by atoms with van der Waals surface area (Å²) < 4.78 is 7.10. The summed E-state index contributed by atoms with van der Waals surface area (Å²) in [7, 11) is 0. The normalized spacial score (nSPS) is 17.6. The molecule has 0 aliphatic carbocycles. The molecule has 1 aliphatic heterocycles. The number of hydrogen-bond acceptors (Lipinski definition) is 2. The van der Waals surface area contributed by atoms with Crippen LogP contribution in [0.1, 0.15) is 31.4 Å². The van der Waals surface area contributed by atoms with Gasteiger partial charge in [-0.05, 0) is 52.2 Å². The van der Waals surface area contributed by atoms with Crippen LogP contribution in [0.2, 0.25) is 0 Å². The smallest absolute Gasteiger partial charge is 0.133 e. The summed E-state index contributed by atoms with van der Waals surface area (Å²) in [4.78, 5) is 0. The highest BCUT2D eigenvalue weighted by Gasteiger charge is 2.24. The summed E-state index contributed by atoms with van der Waals surface area (Å²) in [6.07, 6.45) is 1.35. The van der Waals surface area contributed by atoms with Crippen LogP contribution < -0.4 is 10.1 Å². The van der Waals surface area contributed by atoms with E-state index in [0.717, 1.165) is 29.7 Å². The molecule has 2 aromatic carbocycles. The van der Waals surface area contributed by atoms with Crippen LogP contribution in [0.25, 0.3) is 0 Å². The summed E-state index contributed by atoms with van der Waals surface area (Å²) in [6.45, 7) is 6.49. The van der Waals surface area contributed by atoms with Gasteiger partial charge in [0, 0.05) is 12.0 Å². The van der Waals surface area contributed by atoms with Crippen molar-refractivity contribution in [2.75, 3.05) is 13.1 Å². The minimum absolute atomic E-state index is 0. The zero-order valence-electron chi connectivity index (χ0n) is 13.5. The molecule has 4 heteroatoms. The molecule has 2 nitrogen and oxygen atoms in total. The Bertz CT molecular complexity index is 639. The van der Waals surface area contributed by atoms with Gasteiger partial charge in [-0.3, -0.25) is 0 Å². The van der Waals surface area contributed by atoms with Gasteiger partial charge < -0.3 is 10.1 Å². The third-order valence-corrected chi connectivity index (χ3v) is 5.08. The van der Waals surface area contributed by atoms with E-state index in [0.29, 0.717) is 0 Å². The molecular weight excluding hydrogens is 374 g/mol. The fraction of sp³-hybridized carbons (Fsp3) is 0.368. The molecule has 1 unspecified atom stereocenters. The van der Waals surface area contributed by atoms with E-state index in [2.05, 4.69) is 83.6 Å². The molecule has 1 saturated heterocycles. The quantitative estimate of drug-likeness (QED) is 0.790. The molecule has 1 atom stereocenters. The SMILES string of the molecule is CC(C)(c1ccccc1)c1ccc(OC2CCNC2)c(Br)c1.Cl. The lowest BCUT2D eigenvalue weighted by Gasteiger charge is -2.27. The van der Waals surface area contributed by atoms with Crippen LogP contribution in [-0.2, 0) is 5.41 Å². The minimum Gasteiger partial charge on any atom is -0.488 e. The van der Waals surface area contributed by atoms with Crippen LogP contribution >= 0.6 is 28.3 Å². The summed E-state index contributed by atoms with van der Waals surface area (Å²) in [5.74, 6) is 0.932. The van der Waals surface area contributed by atoms with Gasteiger partial charge in [0.2, 0.25) is 0 Å². The Morgan fingerprint density at radius 3 is 2.43 bits per heavy atom. The molecule has 1 aliphatic rings. The van der Waals surface area contributed by atoms with Crippen molar-refractivity contribution in [1.29, 1.82) is 0 Å². The van der Waals surface area contributed by atoms with Crippen LogP contribution in [0.4, 0.5) is 0 Å². The van der Waals surface area contributed by atoms with E-state index in [1.54, 1.807) is 0 Å². The second-order valence-corrected chi connectivity index (χ2v) is 7.22. The Morgan fingerprint density at radius 1 is 1.09 bits per heavy atom. The summed E-state index contributed by atoms with van der Waals surface area (Å²) in [5.41, 5.74) is 2.56. The predicted octanol–water partition coefficient (Wildman–Crippen LogP) is 4.94. The highest BCUT2D eigenvalue weighted by molar-refractivity contribution is 9.10. The lowest BCUT2D eigenvalue weighted by Crippen LogP contribution is -2.21. The Kier molecular flexibility index (Phi) is 6.12. The van der Waals surface area contributed by atoms with Gasteiger partial charge in [-0.2, -0.15) is 0 Å². The second-order valence-electron chi connectivity index (χ2n) is 6.37. The average molecular weight is 397 g/mol. The van der Waals surface area contributed by atoms with Crippen molar-refractivity contribution in [3.8, 4) is 5.75 Å². The number of hydrogen-bond donors (Lipinski definition) is 1. The Hall–Kier alpha value is -1.03. The van der Waals surface area contributed by atoms with Gasteiger partial charge in [0.05, 0.1) is 4.47 Å². The molecule has 1 heterocycles. The van der Waals surface area contributed by atoms with Crippen molar-refractivity contribution >= 4 is 28.3 Å². The fourth-order valence-electron chi connectivity index (χ4n) is 2.91. The first-order chi connectivity index (χ1) is 10.6. The molecule has 124 valence electrons. The van der Waals surface area contributed by atoms with Crippen LogP contribution in [0.3, 0.4) is 0 Å². The maximum absolute atomic E-state index is 6.07. The van der Waals surface area contributed by atoms with E-state index in [4.69, 9.17) is 4.74 Å². The molecule has 1 fully saturated rings. The molecule has 0 aromatic heterocycles. The molecular formula is C19H23BrClNO. The molecule has 23 heavy (non-hydrogen) atoms. The van der Waals surface area contributed by atoms with Gasteiger partial charge >= 0.3 is 0 Å². The van der Waals surface area contributed by atoms with Crippen LogP contribution in [0, 0.1) is 0 Å². The van der Waals surface area contributed by atoms with Crippen LogP contribution in [0.15, 0.2) is 53.0 Å². The van der Waals surface area contributed by atoms with Crippen molar-refractivity contribution in [3.05, 3.63) is 64.1 Å². The monoisotopic (exact) mass is 395 g/mol. The van der Waals surface area contributed by atoms with Crippen LogP contribution in [-0.4, -0.2) is 19.2 Å². The zero-order valence-corrected chi connectivity index (χ0v) is 15.9. The maximum Gasteiger partial charge on any atom is 0.133 e. The average Bonchev–Trinajstić information content (AvgIpc) is 3.03. The number of nitrogens with one attached hydrogen (secondary N) is 1. The lowest BCUT2D eigenvalue weighted by molar-refractivity contribution is 0.221. The number of benzene rings is 2.